The number of nitrogens with one attached hydrogen (secondary N) is 1. The normalized spacial score (nSPS) is 10.5. The monoisotopic (exact) mass is 222 g/mol. The second-order valence-corrected chi connectivity index (χ2v) is 3.22. The SMILES string of the molecule is O=C(O)c1cc(CNCc2ccoc2)on1. The summed E-state index contributed by atoms with van der Waals surface area (Å²) in [4.78, 5) is 10.5. The molecule has 2 aromatic heterocycles. The fourth-order valence-corrected chi connectivity index (χ4v) is 1.22. The lowest BCUT2D eigenvalue weighted by molar-refractivity contribution is 0.0685. The van der Waals surface area contributed by atoms with Crippen molar-refractivity contribution in [2.24, 2.45) is 0 Å². The zero-order valence-electron chi connectivity index (χ0n) is 8.34. The van der Waals surface area contributed by atoms with Crippen LogP contribution in [-0.2, 0) is 13.1 Å². The minimum Gasteiger partial charge on any atom is -0.476 e. The Kier molecular flexibility index (Phi) is 3.02. The molecule has 0 bridgehead atoms. The smallest absolute Gasteiger partial charge is 0.358 e. The van der Waals surface area contributed by atoms with E-state index in [1.165, 1.54) is 6.07 Å². The molecule has 0 fully saturated rings. The molecule has 16 heavy (non-hydrogen) atoms. The van der Waals surface area contributed by atoms with Gasteiger partial charge in [-0.2, -0.15) is 0 Å². The molecular weight excluding hydrogens is 212 g/mol. The van der Waals surface area contributed by atoms with E-state index in [4.69, 9.17) is 14.0 Å². The lowest BCUT2D eigenvalue weighted by Gasteiger charge is -1.97. The predicted octanol–water partition coefficient (Wildman–Crippen LogP) is 1.26. The summed E-state index contributed by atoms with van der Waals surface area (Å²) in [5.74, 6) is -0.606. The Labute approximate surface area is 90.8 Å². The summed E-state index contributed by atoms with van der Waals surface area (Å²) in [5.41, 5.74) is 0.929. The van der Waals surface area contributed by atoms with Crippen LogP contribution in [-0.4, -0.2) is 16.2 Å². The van der Waals surface area contributed by atoms with Crippen molar-refractivity contribution in [1.29, 1.82) is 0 Å². The third kappa shape index (κ3) is 2.48. The highest BCUT2D eigenvalue weighted by atomic mass is 16.5. The van der Waals surface area contributed by atoms with Gasteiger partial charge in [0.25, 0.3) is 0 Å². The molecule has 0 amide bonds. The standard InChI is InChI=1S/C10H10N2O4/c13-10(14)9-3-8(16-12-9)5-11-4-7-1-2-15-6-7/h1-3,6,11H,4-5H2,(H,13,14). The van der Waals surface area contributed by atoms with E-state index in [0.29, 0.717) is 18.8 Å². The highest BCUT2D eigenvalue weighted by Gasteiger charge is 2.09. The molecule has 0 unspecified atom stereocenters. The summed E-state index contributed by atoms with van der Waals surface area (Å²) < 4.78 is 9.73. The number of carboxylic acid groups (broad SMARTS) is 1. The summed E-state index contributed by atoms with van der Waals surface area (Å²) in [7, 11) is 0. The van der Waals surface area contributed by atoms with E-state index in [2.05, 4.69) is 10.5 Å². The van der Waals surface area contributed by atoms with E-state index in [-0.39, 0.29) is 5.69 Å². The van der Waals surface area contributed by atoms with Crippen LogP contribution in [0.2, 0.25) is 0 Å². The first-order valence-corrected chi connectivity index (χ1v) is 4.66. The molecule has 0 aliphatic rings. The predicted molar refractivity (Wildman–Crippen MR) is 52.7 cm³/mol. The van der Waals surface area contributed by atoms with E-state index in [9.17, 15) is 4.79 Å². The number of hydrogen-bond acceptors (Lipinski definition) is 5. The van der Waals surface area contributed by atoms with Gasteiger partial charge in [0.05, 0.1) is 19.1 Å². The first-order chi connectivity index (χ1) is 7.75. The summed E-state index contributed by atoms with van der Waals surface area (Å²) in [6.45, 7) is 1.05. The van der Waals surface area contributed by atoms with Crippen molar-refractivity contribution in [3.05, 3.63) is 41.7 Å². The van der Waals surface area contributed by atoms with Crippen molar-refractivity contribution in [3.63, 3.8) is 0 Å². The van der Waals surface area contributed by atoms with E-state index >= 15 is 0 Å². The molecule has 0 saturated heterocycles. The Morgan fingerprint density at radius 3 is 3.00 bits per heavy atom. The first kappa shape index (κ1) is 10.4. The molecule has 0 radical (unpaired) electrons. The average Bonchev–Trinajstić information content (AvgIpc) is 2.87. The number of aromatic nitrogens is 1. The van der Waals surface area contributed by atoms with E-state index < -0.39 is 5.97 Å². The number of rotatable bonds is 5. The van der Waals surface area contributed by atoms with Crippen LogP contribution in [0.5, 0.6) is 0 Å². The fraction of sp³-hybridized carbons (Fsp3) is 0.200. The second kappa shape index (κ2) is 4.63. The zero-order valence-corrected chi connectivity index (χ0v) is 8.34. The van der Waals surface area contributed by atoms with Crippen LogP contribution in [0.25, 0.3) is 0 Å². The van der Waals surface area contributed by atoms with Gasteiger partial charge in [-0.1, -0.05) is 5.16 Å². The number of furan rings is 1. The van der Waals surface area contributed by atoms with Gasteiger partial charge in [0, 0.05) is 18.2 Å². The van der Waals surface area contributed by atoms with Crippen LogP contribution in [0.1, 0.15) is 21.8 Å². The first-order valence-electron chi connectivity index (χ1n) is 4.66. The summed E-state index contributed by atoms with van der Waals surface area (Å²) in [5, 5.41) is 15.1. The number of carboxylic acids is 1. The molecule has 0 aliphatic carbocycles. The molecule has 0 atom stereocenters. The van der Waals surface area contributed by atoms with Crippen molar-refractivity contribution in [1.82, 2.24) is 10.5 Å². The van der Waals surface area contributed by atoms with E-state index in [1.54, 1.807) is 12.5 Å². The Bertz CT molecular complexity index is 461. The lowest BCUT2D eigenvalue weighted by Crippen LogP contribution is -2.11. The maximum Gasteiger partial charge on any atom is 0.358 e. The van der Waals surface area contributed by atoms with Crippen molar-refractivity contribution in [2.75, 3.05) is 0 Å². The quantitative estimate of drug-likeness (QED) is 0.791. The van der Waals surface area contributed by atoms with Crippen molar-refractivity contribution >= 4 is 5.97 Å². The fourth-order valence-electron chi connectivity index (χ4n) is 1.22. The van der Waals surface area contributed by atoms with Crippen LogP contribution >= 0.6 is 0 Å². The van der Waals surface area contributed by atoms with Gasteiger partial charge in [0.1, 0.15) is 0 Å². The summed E-state index contributed by atoms with van der Waals surface area (Å²) >= 11 is 0. The molecule has 0 aromatic carbocycles. The largest absolute Gasteiger partial charge is 0.476 e. The van der Waals surface area contributed by atoms with Crippen LogP contribution < -0.4 is 5.32 Å². The molecule has 0 saturated carbocycles. The van der Waals surface area contributed by atoms with Crippen molar-refractivity contribution in [2.45, 2.75) is 13.1 Å². The topological polar surface area (TPSA) is 88.5 Å². The van der Waals surface area contributed by atoms with Gasteiger partial charge in [-0.3, -0.25) is 0 Å². The molecule has 0 spiro atoms. The highest BCUT2D eigenvalue weighted by Crippen LogP contribution is 2.04. The van der Waals surface area contributed by atoms with Crippen LogP contribution in [0.15, 0.2) is 33.6 Å². The van der Waals surface area contributed by atoms with Gasteiger partial charge >= 0.3 is 5.97 Å². The molecule has 6 nitrogen and oxygen atoms in total. The third-order valence-electron chi connectivity index (χ3n) is 1.99. The minimum atomic E-state index is -1.09. The van der Waals surface area contributed by atoms with E-state index in [1.807, 2.05) is 6.07 Å². The third-order valence-corrected chi connectivity index (χ3v) is 1.99. The van der Waals surface area contributed by atoms with Gasteiger partial charge in [-0.05, 0) is 6.07 Å². The Morgan fingerprint density at radius 1 is 1.50 bits per heavy atom. The maximum atomic E-state index is 10.5. The number of hydrogen-bond donors (Lipinski definition) is 2. The number of nitrogens with zero attached hydrogens (tertiary/aromatic N) is 1. The van der Waals surface area contributed by atoms with Gasteiger partial charge < -0.3 is 19.4 Å². The number of carbonyl (C=O) groups is 1. The molecule has 0 aliphatic heterocycles. The second-order valence-electron chi connectivity index (χ2n) is 3.22. The molecule has 2 heterocycles. The molecule has 2 aromatic rings. The van der Waals surface area contributed by atoms with Gasteiger partial charge in [-0.15, -0.1) is 0 Å². The maximum absolute atomic E-state index is 10.5. The van der Waals surface area contributed by atoms with Gasteiger partial charge in [0.2, 0.25) is 0 Å². The summed E-state index contributed by atoms with van der Waals surface area (Å²) in [6, 6.07) is 3.24. The summed E-state index contributed by atoms with van der Waals surface area (Å²) in [6.07, 6.45) is 3.23. The number of aromatic carboxylic acids is 1. The highest BCUT2D eigenvalue weighted by molar-refractivity contribution is 5.85. The van der Waals surface area contributed by atoms with Crippen LogP contribution in [0.4, 0.5) is 0 Å². The molecule has 84 valence electrons. The lowest BCUT2D eigenvalue weighted by atomic mass is 10.3. The van der Waals surface area contributed by atoms with Crippen molar-refractivity contribution in [3.8, 4) is 0 Å². The molecule has 2 rings (SSSR count). The zero-order chi connectivity index (χ0) is 11.4. The molecular formula is C10H10N2O4. The molecule has 2 N–H and O–H groups in total. The van der Waals surface area contributed by atoms with Gasteiger partial charge in [0.15, 0.2) is 11.5 Å². The minimum absolute atomic E-state index is 0.0832. The van der Waals surface area contributed by atoms with Crippen molar-refractivity contribution < 1.29 is 18.8 Å². The van der Waals surface area contributed by atoms with Crippen LogP contribution in [0.3, 0.4) is 0 Å². The Balaban J connectivity index is 1.83. The van der Waals surface area contributed by atoms with E-state index in [0.717, 1.165) is 5.56 Å². The molecule has 6 heteroatoms. The Morgan fingerprint density at radius 2 is 2.38 bits per heavy atom. The van der Waals surface area contributed by atoms with Crippen LogP contribution in [0, 0.1) is 0 Å². The average molecular weight is 222 g/mol. The van der Waals surface area contributed by atoms with Gasteiger partial charge in [-0.25, -0.2) is 4.79 Å². The Hall–Kier alpha value is -2.08.